The highest BCUT2D eigenvalue weighted by Crippen LogP contribution is 2.40. The lowest BCUT2D eigenvalue weighted by Crippen LogP contribution is -2.33. The number of nitrogens with zero attached hydrogens (tertiary/aromatic N) is 2. The van der Waals surface area contributed by atoms with Gasteiger partial charge in [0.25, 0.3) is 5.69 Å². The Bertz CT molecular complexity index is 1560. The summed E-state index contributed by atoms with van der Waals surface area (Å²) in [6.07, 6.45) is 0.262. The molecule has 2 aromatic carbocycles. The van der Waals surface area contributed by atoms with E-state index in [2.05, 4.69) is 10.6 Å². The summed E-state index contributed by atoms with van der Waals surface area (Å²) >= 11 is 0. The molecule has 4 rings (SSSR count). The van der Waals surface area contributed by atoms with Gasteiger partial charge in [-0.05, 0) is 56.0 Å². The fourth-order valence-electron chi connectivity index (χ4n) is 4.92. The van der Waals surface area contributed by atoms with Crippen LogP contribution in [0.15, 0.2) is 76.8 Å². The van der Waals surface area contributed by atoms with Crippen molar-refractivity contribution in [1.29, 1.82) is 5.26 Å². The van der Waals surface area contributed by atoms with Crippen LogP contribution in [-0.2, 0) is 19.1 Å². The number of carbonyl (C=O) groups is 3. The third kappa shape index (κ3) is 5.33. The van der Waals surface area contributed by atoms with Gasteiger partial charge in [-0.25, -0.2) is 9.59 Å². The van der Waals surface area contributed by atoms with E-state index < -0.39 is 28.7 Å². The van der Waals surface area contributed by atoms with Gasteiger partial charge in [0, 0.05) is 29.2 Å². The molecule has 2 unspecified atom stereocenters. The Labute approximate surface area is 229 Å². The second kappa shape index (κ2) is 11.2. The van der Waals surface area contributed by atoms with E-state index >= 15 is 0 Å². The average Bonchev–Trinajstić information content (AvgIpc) is 2.93. The summed E-state index contributed by atoms with van der Waals surface area (Å²) < 4.78 is 10.7. The Hall–Kier alpha value is -5.24. The van der Waals surface area contributed by atoms with Crippen molar-refractivity contribution in [3.05, 3.63) is 98.0 Å². The number of benzene rings is 2. The van der Waals surface area contributed by atoms with Crippen molar-refractivity contribution < 1.29 is 28.8 Å². The number of nitro benzene ring substituents is 1. The average molecular weight is 543 g/mol. The summed E-state index contributed by atoms with van der Waals surface area (Å²) in [6.45, 7) is 5.06. The van der Waals surface area contributed by atoms with Crippen LogP contribution in [0.2, 0.25) is 0 Å². The van der Waals surface area contributed by atoms with Gasteiger partial charge in [0.1, 0.15) is 11.7 Å². The molecule has 0 radical (unpaired) electrons. The van der Waals surface area contributed by atoms with Gasteiger partial charge in [0.15, 0.2) is 0 Å². The van der Waals surface area contributed by atoms with Crippen LogP contribution in [-0.4, -0.2) is 29.9 Å². The number of rotatable bonds is 6. The number of methoxy groups -OCH3 is 1. The monoisotopic (exact) mass is 542 g/mol. The number of carbonyl (C=O) groups excluding carboxylic acids is 3. The molecule has 0 saturated heterocycles. The first kappa shape index (κ1) is 27.8. The minimum Gasteiger partial charge on any atom is -0.466 e. The Kier molecular flexibility index (Phi) is 7.81. The van der Waals surface area contributed by atoms with Gasteiger partial charge in [-0.3, -0.25) is 14.9 Å². The van der Waals surface area contributed by atoms with Crippen molar-refractivity contribution in [3.63, 3.8) is 0 Å². The number of hydrogen-bond donors (Lipinski definition) is 2. The van der Waals surface area contributed by atoms with Gasteiger partial charge in [0.05, 0.1) is 35.2 Å². The number of allylic oxidation sites excluding steroid dienone is 4. The quantitative estimate of drug-likeness (QED) is 0.238. The van der Waals surface area contributed by atoms with E-state index in [1.165, 1.54) is 25.3 Å². The molecule has 2 aromatic rings. The molecular formula is C29H26N4O7. The molecule has 11 heteroatoms. The second-order valence-electron chi connectivity index (χ2n) is 9.37. The number of non-ortho nitro benzene ring substituents is 1. The maximum absolute atomic E-state index is 13.6. The summed E-state index contributed by atoms with van der Waals surface area (Å²) in [7, 11) is 1.21. The molecule has 40 heavy (non-hydrogen) atoms. The summed E-state index contributed by atoms with van der Waals surface area (Å²) in [5.74, 6) is -3.35. The molecule has 0 spiro atoms. The molecule has 2 heterocycles. The van der Waals surface area contributed by atoms with Gasteiger partial charge in [-0.15, -0.1) is 0 Å². The van der Waals surface area contributed by atoms with Gasteiger partial charge in [-0.2, -0.15) is 5.26 Å². The first-order valence-corrected chi connectivity index (χ1v) is 12.3. The minimum absolute atomic E-state index is 0.0981. The SMILES string of the molecule is COC(=O)C1=C(C)NC(C)=C(C(=O)Oc2ccc(C3=C(C)NC(=O)C(C#N)C3)cc2)C1c1cccc([N+](=O)[O-])c1. The lowest BCUT2D eigenvalue weighted by atomic mass is 9.80. The molecule has 0 saturated carbocycles. The fraction of sp³-hybridized carbons (Fsp3) is 0.241. The van der Waals surface area contributed by atoms with Crippen molar-refractivity contribution in [1.82, 2.24) is 10.6 Å². The standard InChI is InChI=1S/C29H26N4O7/c1-15-23(13-20(14-30)27(34)32-15)18-8-10-22(11-9-18)40-29(36)25-17(3)31-16(2)24(28(35)39-4)26(25)19-6-5-7-21(12-19)33(37)38/h5-12,20,26,31H,13H2,1-4H3,(H,32,34). The molecule has 1 amide bonds. The predicted molar refractivity (Wildman–Crippen MR) is 143 cm³/mol. The zero-order chi connectivity index (χ0) is 29.1. The molecular weight excluding hydrogens is 516 g/mol. The van der Waals surface area contributed by atoms with Crippen LogP contribution in [0, 0.1) is 27.4 Å². The zero-order valence-corrected chi connectivity index (χ0v) is 22.2. The van der Waals surface area contributed by atoms with Crippen molar-refractivity contribution >= 4 is 29.1 Å². The number of nitro groups is 1. The Balaban J connectivity index is 1.67. The van der Waals surface area contributed by atoms with Crippen molar-refractivity contribution in [2.24, 2.45) is 5.92 Å². The topological polar surface area (TPSA) is 161 Å². The number of nitrogens with one attached hydrogen (secondary N) is 2. The van der Waals surface area contributed by atoms with Crippen LogP contribution in [0.5, 0.6) is 5.75 Å². The van der Waals surface area contributed by atoms with Gasteiger partial charge in [0.2, 0.25) is 5.91 Å². The van der Waals surface area contributed by atoms with Crippen molar-refractivity contribution in [2.75, 3.05) is 7.11 Å². The first-order valence-electron chi connectivity index (χ1n) is 12.3. The molecule has 0 fully saturated rings. The van der Waals surface area contributed by atoms with Crippen LogP contribution in [0.4, 0.5) is 5.69 Å². The first-order chi connectivity index (χ1) is 19.0. The van der Waals surface area contributed by atoms with Gasteiger partial charge < -0.3 is 20.1 Å². The highest BCUT2D eigenvalue weighted by molar-refractivity contribution is 6.00. The molecule has 0 bridgehead atoms. The van der Waals surface area contributed by atoms with E-state index in [1.54, 1.807) is 51.1 Å². The molecule has 2 aliphatic heterocycles. The van der Waals surface area contributed by atoms with Crippen molar-refractivity contribution in [3.8, 4) is 11.8 Å². The maximum Gasteiger partial charge on any atom is 0.342 e. The van der Waals surface area contributed by atoms with Crippen LogP contribution in [0.3, 0.4) is 0 Å². The van der Waals surface area contributed by atoms with Crippen LogP contribution >= 0.6 is 0 Å². The highest BCUT2D eigenvalue weighted by atomic mass is 16.6. The number of nitriles is 1. The molecule has 204 valence electrons. The molecule has 0 aliphatic carbocycles. The largest absolute Gasteiger partial charge is 0.466 e. The van der Waals surface area contributed by atoms with Crippen LogP contribution in [0.25, 0.3) is 5.57 Å². The van der Waals surface area contributed by atoms with Crippen LogP contribution < -0.4 is 15.4 Å². The summed E-state index contributed by atoms with van der Waals surface area (Å²) in [4.78, 5) is 49.2. The molecule has 2 aliphatic rings. The summed E-state index contributed by atoms with van der Waals surface area (Å²) in [5.41, 5.74) is 3.46. The number of dihydropyridines is 1. The number of hydrogen-bond acceptors (Lipinski definition) is 9. The molecule has 2 atom stereocenters. The Morgan fingerprint density at radius 3 is 2.25 bits per heavy atom. The van der Waals surface area contributed by atoms with E-state index in [4.69, 9.17) is 9.47 Å². The van der Waals surface area contributed by atoms with E-state index in [9.17, 15) is 29.8 Å². The Morgan fingerprint density at radius 2 is 1.65 bits per heavy atom. The molecule has 2 N–H and O–H groups in total. The highest BCUT2D eigenvalue weighted by Gasteiger charge is 2.38. The molecule has 11 nitrogen and oxygen atoms in total. The Morgan fingerprint density at radius 1 is 1.00 bits per heavy atom. The lowest BCUT2D eigenvalue weighted by Gasteiger charge is -2.30. The minimum atomic E-state index is -0.984. The zero-order valence-electron chi connectivity index (χ0n) is 22.2. The van der Waals surface area contributed by atoms with Gasteiger partial charge >= 0.3 is 11.9 Å². The smallest absolute Gasteiger partial charge is 0.342 e. The van der Waals surface area contributed by atoms with Crippen LogP contribution in [0.1, 0.15) is 44.2 Å². The van der Waals surface area contributed by atoms with E-state index in [0.29, 0.717) is 22.7 Å². The number of esters is 2. The normalized spacial score (nSPS) is 18.9. The summed E-state index contributed by atoms with van der Waals surface area (Å²) in [6, 6.07) is 14.3. The third-order valence-electron chi connectivity index (χ3n) is 6.86. The number of amides is 1. The summed E-state index contributed by atoms with van der Waals surface area (Å²) in [5, 5.41) is 26.5. The predicted octanol–water partition coefficient (Wildman–Crippen LogP) is 4.00. The van der Waals surface area contributed by atoms with Gasteiger partial charge in [-0.1, -0.05) is 24.3 Å². The maximum atomic E-state index is 13.6. The lowest BCUT2D eigenvalue weighted by molar-refractivity contribution is -0.384. The second-order valence-corrected chi connectivity index (χ2v) is 9.37. The third-order valence-corrected chi connectivity index (χ3v) is 6.86. The van der Waals surface area contributed by atoms with Crippen molar-refractivity contribution in [2.45, 2.75) is 33.1 Å². The molecule has 0 aromatic heterocycles. The fourth-order valence-corrected chi connectivity index (χ4v) is 4.92. The van der Waals surface area contributed by atoms with E-state index in [-0.39, 0.29) is 34.9 Å². The van der Waals surface area contributed by atoms with E-state index in [1.807, 2.05) is 6.07 Å². The number of ether oxygens (including phenoxy) is 2. The van der Waals surface area contributed by atoms with E-state index in [0.717, 1.165) is 11.1 Å².